The van der Waals surface area contributed by atoms with Crippen molar-refractivity contribution in [1.82, 2.24) is 9.78 Å². The number of rotatable bonds is 7. The Bertz CT molecular complexity index is 1130. The number of nitro groups is 1. The lowest BCUT2D eigenvalue weighted by atomic mass is 10.1. The van der Waals surface area contributed by atoms with E-state index in [0.717, 1.165) is 5.69 Å². The number of anilines is 1. The van der Waals surface area contributed by atoms with E-state index in [2.05, 4.69) is 10.4 Å². The molecule has 3 rings (SSSR count). The van der Waals surface area contributed by atoms with Gasteiger partial charge in [-0.25, -0.2) is 0 Å². The Morgan fingerprint density at radius 1 is 1.19 bits per heavy atom. The van der Waals surface area contributed by atoms with Gasteiger partial charge in [0.2, 0.25) is 5.91 Å². The van der Waals surface area contributed by atoms with Crippen molar-refractivity contribution in [2.24, 2.45) is 5.92 Å². The van der Waals surface area contributed by atoms with Gasteiger partial charge in [-0.1, -0.05) is 30.1 Å². The lowest BCUT2D eigenvalue weighted by Crippen LogP contribution is -2.25. The first-order valence-electron chi connectivity index (χ1n) is 9.37. The zero-order valence-electron chi connectivity index (χ0n) is 17.1. The Kier molecular flexibility index (Phi) is 6.82. The number of carbonyl (C=O) groups is 1. The van der Waals surface area contributed by atoms with Gasteiger partial charge in [0.15, 0.2) is 0 Å². The summed E-state index contributed by atoms with van der Waals surface area (Å²) in [6, 6.07) is 10.6. The third kappa shape index (κ3) is 5.53. The SMILES string of the molecule is Cc1nn(CC(C)C(=O)Nc2cc(Oc3ccc(Cl)cc3)cc([N+](=O)[O-])c2)c(C)c1Cl. The summed E-state index contributed by atoms with van der Waals surface area (Å²) >= 11 is 12.0. The molecule has 0 aliphatic rings. The van der Waals surface area contributed by atoms with Crippen LogP contribution in [0.2, 0.25) is 10.0 Å². The molecule has 0 spiro atoms. The number of nitro benzene ring substituents is 1. The Balaban J connectivity index is 1.78. The summed E-state index contributed by atoms with van der Waals surface area (Å²) in [5.74, 6) is -0.114. The number of ether oxygens (including phenoxy) is 1. The summed E-state index contributed by atoms with van der Waals surface area (Å²) in [6.45, 7) is 5.67. The fourth-order valence-corrected chi connectivity index (χ4v) is 3.18. The van der Waals surface area contributed by atoms with Crippen LogP contribution in [0.5, 0.6) is 11.5 Å². The molecule has 0 fully saturated rings. The average molecular weight is 463 g/mol. The van der Waals surface area contributed by atoms with E-state index in [4.69, 9.17) is 27.9 Å². The van der Waals surface area contributed by atoms with E-state index < -0.39 is 10.8 Å². The first-order valence-corrected chi connectivity index (χ1v) is 10.1. The van der Waals surface area contributed by atoms with Gasteiger partial charge in [0.25, 0.3) is 5.69 Å². The van der Waals surface area contributed by atoms with Crippen LogP contribution in [0.15, 0.2) is 42.5 Å². The maximum absolute atomic E-state index is 12.7. The van der Waals surface area contributed by atoms with Crippen LogP contribution in [0.3, 0.4) is 0 Å². The molecule has 1 unspecified atom stereocenters. The zero-order valence-corrected chi connectivity index (χ0v) is 18.6. The number of aryl methyl sites for hydroxylation is 1. The first kappa shape index (κ1) is 22.6. The van der Waals surface area contributed by atoms with Gasteiger partial charge in [0.05, 0.1) is 45.6 Å². The molecule has 1 heterocycles. The number of benzene rings is 2. The molecule has 1 N–H and O–H groups in total. The third-order valence-electron chi connectivity index (χ3n) is 4.61. The van der Waals surface area contributed by atoms with Crippen molar-refractivity contribution in [3.05, 3.63) is 74.0 Å². The van der Waals surface area contributed by atoms with Gasteiger partial charge >= 0.3 is 0 Å². The molecule has 1 amide bonds. The summed E-state index contributed by atoms with van der Waals surface area (Å²) in [6.07, 6.45) is 0. The molecule has 31 heavy (non-hydrogen) atoms. The van der Waals surface area contributed by atoms with Crippen molar-refractivity contribution in [2.45, 2.75) is 27.3 Å². The minimum atomic E-state index is -0.550. The van der Waals surface area contributed by atoms with Crippen molar-refractivity contribution in [2.75, 3.05) is 5.32 Å². The smallest absolute Gasteiger partial charge is 0.275 e. The maximum atomic E-state index is 12.7. The number of aromatic nitrogens is 2. The normalized spacial score (nSPS) is 11.8. The topological polar surface area (TPSA) is 99.3 Å². The minimum Gasteiger partial charge on any atom is -0.457 e. The molecule has 3 aromatic rings. The summed E-state index contributed by atoms with van der Waals surface area (Å²) < 4.78 is 7.36. The highest BCUT2D eigenvalue weighted by atomic mass is 35.5. The van der Waals surface area contributed by atoms with Crippen LogP contribution in [0, 0.1) is 29.9 Å². The van der Waals surface area contributed by atoms with Gasteiger partial charge in [-0.3, -0.25) is 19.6 Å². The fraction of sp³-hybridized carbons (Fsp3) is 0.238. The van der Waals surface area contributed by atoms with Gasteiger partial charge in [0.1, 0.15) is 11.5 Å². The van der Waals surface area contributed by atoms with Crippen molar-refractivity contribution >= 4 is 40.5 Å². The van der Waals surface area contributed by atoms with E-state index in [9.17, 15) is 14.9 Å². The van der Waals surface area contributed by atoms with Crippen LogP contribution in [0.25, 0.3) is 0 Å². The molecule has 10 heteroatoms. The average Bonchev–Trinajstić information content (AvgIpc) is 2.96. The Morgan fingerprint density at radius 3 is 2.45 bits per heavy atom. The Morgan fingerprint density at radius 2 is 1.87 bits per heavy atom. The fourth-order valence-electron chi connectivity index (χ4n) is 2.92. The molecule has 0 aliphatic heterocycles. The number of hydrogen-bond donors (Lipinski definition) is 1. The summed E-state index contributed by atoms with van der Waals surface area (Å²) in [7, 11) is 0. The summed E-state index contributed by atoms with van der Waals surface area (Å²) in [4.78, 5) is 23.5. The highest BCUT2D eigenvalue weighted by Crippen LogP contribution is 2.30. The molecule has 8 nitrogen and oxygen atoms in total. The van der Waals surface area contributed by atoms with E-state index >= 15 is 0 Å². The van der Waals surface area contributed by atoms with E-state index in [1.54, 1.807) is 42.8 Å². The molecule has 162 valence electrons. The van der Waals surface area contributed by atoms with Gasteiger partial charge in [-0.2, -0.15) is 5.10 Å². The number of hydrogen-bond acceptors (Lipinski definition) is 5. The second kappa shape index (κ2) is 9.36. The van der Waals surface area contributed by atoms with Crippen LogP contribution in [0.4, 0.5) is 11.4 Å². The monoisotopic (exact) mass is 462 g/mol. The Hall–Kier alpha value is -3.10. The van der Waals surface area contributed by atoms with Crippen LogP contribution < -0.4 is 10.1 Å². The second-order valence-electron chi connectivity index (χ2n) is 7.09. The molecule has 0 radical (unpaired) electrons. The van der Waals surface area contributed by atoms with E-state index in [0.29, 0.717) is 28.0 Å². The number of amides is 1. The van der Waals surface area contributed by atoms with Crippen molar-refractivity contribution < 1.29 is 14.5 Å². The largest absolute Gasteiger partial charge is 0.457 e. The molecule has 0 aliphatic carbocycles. The predicted octanol–water partition coefficient (Wildman–Crippen LogP) is 5.78. The van der Waals surface area contributed by atoms with Crippen LogP contribution in [-0.4, -0.2) is 20.6 Å². The summed E-state index contributed by atoms with van der Waals surface area (Å²) in [5, 5.41) is 19.5. The molecule has 0 bridgehead atoms. The molecule has 0 saturated heterocycles. The highest BCUT2D eigenvalue weighted by molar-refractivity contribution is 6.31. The zero-order chi connectivity index (χ0) is 22.7. The number of carbonyl (C=O) groups excluding carboxylic acids is 1. The van der Waals surface area contributed by atoms with E-state index in [1.807, 2.05) is 6.92 Å². The molecule has 2 aromatic carbocycles. The minimum absolute atomic E-state index is 0.209. The lowest BCUT2D eigenvalue weighted by molar-refractivity contribution is -0.384. The van der Waals surface area contributed by atoms with Crippen molar-refractivity contribution in [3.8, 4) is 11.5 Å². The van der Waals surface area contributed by atoms with E-state index in [1.165, 1.54) is 18.2 Å². The number of non-ortho nitro benzene ring substituents is 1. The number of nitrogens with one attached hydrogen (secondary N) is 1. The van der Waals surface area contributed by atoms with Gasteiger partial charge < -0.3 is 10.1 Å². The predicted molar refractivity (Wildman–Crippen MR) is 119 cm³/mol. The molecular formula is C21H20Cl2N4O4. The Labute approximate surface area is 188 Å². The highest BCUT2D eigenvalue weighted by Gasteiger charge is 2.19. The third-order valence-corrected chi connectivity index (χ3v) is 5.41. The van der Waals surface area contributed by atoms with Crippen molar-refractivity contribution in [1.29, 1.82) is 0 Å². The number of nitrogens with zero attached hydrogens (tertiary/aromatic N) is 3. The first-order chi connectivity index (χ1) is 14.6. The second-order valence-corrected chi connectivity index (χ2v) is 7.90. The molecule has 0 saturated carbocycles. The van der Waals surface area contributed by atoms with Gasteiger partial charge in [0, 0.05) is 17.2 Å². The molecule has 1 aromatic heterocycles. The van der Waals surface area contributed by atoms with Crippen LogP contribution >= 0.6 is 23.2 Å². The van der Waals surface area contributed by atoms with Crippen molar-refractivity contribution in [3.63, 3.8) is 0 Å². The number of halogens is 2. The summed E-state index contributed by atoms with van der Waals surface area (Å²) in [5.41, 5.74) is 1.50. The lowest BCUT2D eigenvalue weighted by Gasteiger charge is -2.14. The van der Waals surface area contributed by atoms with E-state index in [-0.39, 0.29) is 23.0 Å². The van der Waals surface area contributed by atoms with Crippen LogP contribution in [0.1, 0.15) is 18.3 Å². The maximum Gasteiger partial charge on any atom is 0.275 e. The van der Waals surface area contributed by atoms with Crippen LogP contribution in [-0.2, 0) is 11.3 Å². The quantitative estimate of drug-likeness (QED) is 0.354. The molecular weight excluding hydrogens is 443 g/mol. The molecule has 1 atom stereocenters. The van der Waals surface area contributed by atoms with Gasteiger partial charge in [-0.05, 0) is 38.1 Å². The standard InChI is InChI=1S/C21H20Cl2N4O4/c1-12(11-26-14(3)20(23)13(2)25-26)21(28)24-16-8-17(27(29)30)10-19(9-16)31-18-6-4-15(22)5-7-18/h4-10,12H,11H2,1-3H3,(H,24,28). The van der Waals surface area contributed by atoms with Gasteiger partial charge in [-0.15, -0.1) is 0 Å².